The summed E-state index contributed by atoms with van der Waals surface area (Å²) in [6.07, 6.45) is 2.69. The van der Waals surface area contributed by atoms with Gasteiger partial charge in [0, 0.05) is 14.1 Å². The first-order valence-electron chi connectivity index (χ1n) is 9.02. The molecule has 0 unspecified atom stereocenters. The molecule has 0 heterocycles. The molecule has 0 spiro atoms. The number of hydrogen-bond donors (Lipinski definition) is 1. The van der Waals surface area contributed by atoms with Crippen molar-refractivity contribution >= 4 is 64.5 Å². The van der Waals surface area contributed by atoms with Gasteiger partial charge in [-0.25, -0.2) is 23.2 Å². The van der Waals surface area contributed by atoms with Gasteiger partial charge in [0.1, 0.15) is 11.4 Å². The number of anilines is 1. The van der Waals surface area contributed by atoms with Gasteiger partial charge in [0.15, 0.2) is 17.5 Å². The van der Waals surface area contributed by atoms with Gasteiger partial charge >= 0.3 is 0 Å². The average Bonchev–Trinajstić information content (AvgIpc) is 2.75. The van der Waals surface area contributed by atoms with E-state index in [1.54, 1.807) is 29.2 Å². The minimum Gasteiger partial charge on any atom is -0.369 e. The highest BCUT2D eigenvalue weighted by Gasteiger charge is 2.06. The zero-order chi connectivity index (χ0) is 23.7. The zero-order valence-electron chi connectivity index (χ0n) is 17.0. The van der Waals surface area contributed by atoms with Crippen LogP contribution in [-0.2, 0) is 0 Å². The third kappa shape index (κ3) is 7.44. The van der Waals surface area contributed by atoms with Gasteiger partial charge in [-0.3, -0.25) is 0 Å². The quantitative estimate of drug-likeness (QED) is 0.287. The fourth-order valence-corrected chi connectivity index (χ4v) is 2.66. The van der Waals surface area contributed by atoms with Crippen molar-refractivity contribution in [2.24, 2.45) is 9.98 Å². The summed E-state index contributed by atoms with van der Waals surface area (Å²) in [6.45, 7) is 0. The van der Waals surface area contributed by atoms with Crippen LogP contribution in [0.3, 0.4) is 0 Å². The molecular weight excluding hydrogens is 484 g/mol. The molecule has 0 saturated heterocycles. The molecule has 0 fully saturated rings. The van der Waals surface area contributed by atoms with Gasteiger partial charge in [-0.2, -0.15) is 0 Å². The van der Waals surface area contributed by atoms with Crippen LogP contribution < -0.4 is 5.32 Å². The molecule has 4 nitrogen and oxygen atoms in total. The summed E-state index contributed by atoms with van der Waals surface area (Å²) in [5.41, 5.74) is 0.460. The second-order valence-electron chi connectivity index (χ2n) is 6.36. The minimum absolute atomic E-state index is 0.00710. The Kier molecular flexibility index (Phi) is 9.84. The first-order chi connectivity index (χ1) is 15.2. The summed E-state index contributed by atoms with van der Waals surface area (Å²) in [4.78, 5) is 9.46. The molecule has 32 heavy (non-hydrogen) atoms. The maximum absolute atomic E-state index is 13.5. The Morgan fingerprint density at radius 3 is 1.72 bits per heavy atom. The molecule has 0 atom stereocenters. The van der Waals surface area contributed by atoms with Crippen LogP contribution in [0.4, 0.5) is 30.2 Å². The van der Waals surface area contributed by atoms with Crippen LogP contribution in [-0.4, -0.2) is 31.7 Å². The van der Waals surface area contributed by atoms with E-state index in [1.165, 1.54) is 43.0 Å². The predicted octanol–water partition coefficient (Wildman–Crippen LogP) is 7.74. The molecule has 0 aliphatic carbocycles. The Morgan fingerprint density at radius 1 is 0.719 bits per heavy atom. The lowest BCUT2D eigenvalue weighted by molar-refractivity contribution is 0.625. The van der Waals surface area contributed by atoms with Crippen molar-refractivity contribution in [3.05, 3.63) is 87.1 Å². The van der Waals surface area contributed by atoms with Crippen LogP contribution in [0, 0.1) is 17.5 Å². The Labute approximate surface area is 199 Å². The SMILES string of the molecule is CN(C)C=Nc1cccc(Cl)c1F.Fc1c(Cl)cccc1N=CNc1cccc(Cl)c1F. The Morgan fingerprint density at radius 2 is 1.19 bits per heavy atom. The summed E-state index contributed by atoms with van der Waals surface area (Å²) in [6, 6.07) is 13.7. The summed E-state index contributed by atoms with van der Waals surface area (Å²) in [5, 5.41) is 2.65. The molecule has 0 aromatic heterocycles. The van der Waals surface area contributed by atoms with Crippen LogP contribution in [0.1, 0.15) is 0 Å². The van der Waals surface area contributed by atoms with Gasteiger partial charge in [0.25, 0.3) is 0 Å². The molecule has 0 bridgehead atoms. The van der Waals surface area contributed by atoms with E-state index in [0.29, 0.717) is 0 Å². The molecule has 1 N–H and O–H groups in total. The van der Waals surface area contributed by atoms with Crippen molar-refractivity contribution in [1.82, 2.24) is 4.90 Å². The monoisotopic (exact) mass is 500 g/mol. The maximum Gasteiger partial charge on any atom is 0.167 e. The van der Waals surface area contributed by atoms with Crippen LogP contribution in [0.25, 0.3) is 0 Å². The van der Waals surface area contributed by atoms with Crippen LogP contribution in [0.5, 0.6) is 0 Å². The molecule has 0 saturated carbocycles. The number of hydrogen-bond acceptors (Lipinski definition) is 2. The summed E-state index contributed by atoms with van der Waals surface area (Å²) in [7, 11) is 3.62. The largest absolute Gasteiger partial charge is 0.369 e. The van der Waals surface area contributed by atoms with E-state index in [2.05, 4.69) is 15.3 Å². The van der Waals surface area contributed by atoms with Crippen molar-refractivity contribution in [2.45, 2.75) is 0 Å². The van der Waals surface area contributed by atoms with Crippen LogP contribution in [0.2, 0.25) is 15.1 Å². The molecule has 3 rings (SSSR count). The fraction of sp³-hybridized carbons (Fsp3) is 0.0909. The third-order valence-electron chi connectivity index (χ3n) is 3.67. The second-order valence-corrected chi connectivity index (χ2v) is 7.58. The van der Waals surface area contributed by atoms with Crippen molar-refractivity contribution in [3.8, 4) is 0 Å². The van der Waals surface area contributed by atoms with Crippen molar-refractivity contribution < 1.29 is 13.2 Å². The Balaban J connectivity index is 0.000000244. The molecular formula is C22H18Cl3F3N4. The standard InChI is InChI=1S/C13H8Cl2F2N2.C9H10ClFN2/c14-8-3-1-5-10(12(8)16)18-7-19-11-6-2-4-9(15)13(11)17;1-13(2)6-12-8-5-3-4-7(10)9(8)11/h1-7H,(H,18,19);3-6H,1-2H3. The van der Waals surface area contributed by atoms with Gasteiger partial charge in [-0.05, 0) is 36.4 Å². The van der Waals surface area contributed by atoms with Crippen molar-refractivity contribution in [3.63, 3.8) is 0 Å². The van der Waals surface area contributed by atoms with E-state index in [1.807, 2.05) is 14.1 Å². The van der Waals surface area contributed by atoms with Gasteiger partial charge < -0.3 is 10.2 Å². The number of nitrogens with zero attached hydrogens (tertiary/aromatic N) is 3. The highest BCUT2D eigenvalue weighted by atomic mass is 35.5. The normalized spacial score (nSPS) is 10.9. The lowest BCUT2D eigenvalue weighted by Gasteiger charge is -2.03. The highest BCUT2D eigenvalue weighted by Crippen LogP contribution is 2.25. The number of nitrogens with one attached hydrogen (secondary N) is 1. The molecule has 3 aromatic rings. The van der Waals surface area contributed by atoms with Gasteiger partial charge in [-0.15, -0.1) is 0 Å². The molecule has 0 aliphatic heterocycles. The Bertz CT molecular complexity index is 1120. The van der Waals surface area contributed by atoms with Crippen LogP contribution in [0.15, 0.2) is 64.6 Å². The predicted molar refractivity (Wildman–Crippen MR) is 128 cm³/mol. The fourth-order valence-electron chi connectivity index (χ4n) is 2.15. The van der Waals surface area contributed by atoms with E-state index in [-0.39, 0.29) is 32.1 Å². The molecule has 10 heteroatoms. The summed E-state index contributed by atoms with van der Waals surface area (Å²) in [5.74, 6) is -1.71. The molecule has 0 aliphatic rings. The first kappa shape index (κ1) is 25.5. The molecule has 168 valence electrons. The van der Waals surface area contributed by atoms with Gasteiger partial charge in [0.05, 0.1) is 33.4 Å². The van der Waals surface area contributed by atoms with Gasteiger partial charge in [-0.1, -0.05) is 53.0 Å². The maximum atomic E-state index is 13.5. The molecule has 3 aromatic carbocycles. The second kappa shape index (κ2) is 12.3. The number of halogens is 6. The lowest BCUT2D eigenvalue weighted by atomic mass is 10.3. The van der Waals surface area contributed by atoms with Crippen LogP contribution >= 0.6 is 34.8 Å². The van der Waals surface area contributed by atoms with E-state index in [4.69, 9.17) is 34.8 Å². The number of benzene rings is 3. The van der Waals surface area contributed by atoms with Crippen molar-refractivity contribution in [1.29, 1.82) is 0 Å². The topological polar surface area (TPSA) is 40.0 Å². The van der Waals surface area contributed by atoms with E-state index in [0.717, 1.165) is 0 Å². The summed E-state index contributed by atoms with van der Waals surface area (Å²) < 4.78 is 40.2. The number of rotatable bonds is 5. The van der Waals surface area contributed by atoms with Gasteiger partial charge in [0.2, 0.25) is 0 Å². The molecule has 0 amide bonds. The zero-order valence-corrected chi connectivity index (χ0v) is 19.2. The highest BCUT2D eigenvalue weighted by molar-refractivity contribution is 6.31. The van der Waals surface area contributed by atoms with Crippen molar-refractivity contribution in [2.75, 3.05) is 19.4 Å². The summed E-state index contributed by atoms with van der Waals surface area (Å²) >= 11 is 16.8. The molecule has 0 radical (unpaired) electrons. The van der Waals surface area contributed by atoms with E-state index in [9.17, 15) is 13.2 Å². The van der Waals surface area contributed by atoms with E-state index < -0.39 is 17.5 Å². The minimum atomic E-state index is -0.631. The Hall–Kier alpha value is -2.74. The lowest BCUT2D eigenvalue weighted by Crippen LogP contribution is -2.07. The van der Waals surface area contributed by atoms with E-state index >= 15 is 0 Å². The first-order valence-corrected chi connectivity index (χ1v) is 10.2. The average molecular weight is 502 g/mol. The smallest absolute Gasteiger partial charge is 0.167 e. The third-order valence-corrected chi connectivity index (χ3v) is 4.54. The number of aliphatic imine (C=N–C) groups is 2.